The van der Waals surface area contributed by atoms with E-state index in [0.29, 0.717) is 6.07 Å². The van der Waals surface area contributed by atoms with Crippen LogP contribution >= 0.6 is 0 Å². The van der Waals surface area contributed by atoms with Gasteiger partial charge in [-0.1, -0.05) is 11.8 Å². The molecule has 5 heteroatoms. The molecule has 0 aliphatic carbocycles. The molecule has 102 valence electrons. The van der Waals surface area contributed by atoms with Crippen LogP contribution in [0.1, 0.15) is 42.3 Å². The number of hydrogen-bond acceptors (Lipinski definition) is 1. The Morgan fingerprint density at radius 3 is 2.21 bits per heavy atom. The molecule has 19 heavy (non-hydrogen) atoms. The van der Waals surface area contributed by atoms with E-state index in [9.17, 15) is 18.0 Å². The molecule has 0 aliphatic rings. The summed E-state index contributed by atoms with van der Waals surface area (Å²) in [6.07, 6.45) is -4.63. The van der Waals surface area contributed by atoms with Gasteiger partial charge in [0.25, 0.3) is 0 Å². The Bertz CT molecular complexity index is 555. The van der Waals surface area contributed by atoms with Gasteiger partial charge in [0, 0.05) is 11.0 Å². The van der Waals surface area contributed by atoms with Crippen molar-refractivity contribution in [1.82, 2.24) is 0 Å². The third kappa shape index (κ3) is 4.32. The molecule has 1 rings (SSSR count). The van der Waals surface area contributed by atoms with Gasteiger partial charge in [-0.05, 0) is 39.0 Å². The second-order valence-electron chi connectivity index (χ2n) is 5.06. The Morgan fingerprint density at radius 2 is 1.79 bits per heavy atom. The number of carbonyl (C=O) groups is 1. The number of carboxylic acids is 1. The molecule has 0 atom stereocenters. The summed E-state index contributed by atoms with van der Waals surface area (Å²) >= 11 is 0. The fraction of sp³-hybridized carbons (Fsp3) is 0.357. The maximum Gasteiger partial charge on any atom is 0.417 e. The number of carboxylic acid groups (broad SMARTS) is 1. The molecule has 0 fully saturated rings. The van der Waals surface area contributed by atoms with Crippen molar-refractivity contribution in [3.05, 3.63) is 34.9 Å². The summed E-state index contributed by atoms with van der Waals surface area (Å²) in [5.74, 6) is 3.76. The van der Waals surface area contributed by atoms with Gasteiger partial charge in [-0.2, -0.15) is 13.2 Å². The second-order valence-corrected chi connectivity index (χ2v) is 5.06. The van der Waals surface area contributed by atoms with E-state index in [2.05, 4.69) is 11.8 Å². The van der Waals surface area contributed by atoms with Gasteiger partial charge >= 0.3 is 12.1 Å². The highest BCUT2D eigenvalue weighted by molar-refractivity contribution is 5.88. The predicted octanol–water partition coefficient (Wildman–Crippen LogP) is 3.80. The molecule has 0 heterocycles. The van der Waals surface area contributed by atoms with Crippen molar-refractivity contribution in [2.75, 3.05) is 0 Å². The van der Waals surface area contributed by atoms with E-state index in [1.54, 1.807) is 20.8 Å². The Kier molecular flexibility index (Phi) is 3.94. The van der Waals surface area contributed by atoms with E-state index in [0.717, 1.165) is 12.1 Å². The monoisotopic (exact) mass is 270 g/mol. The topological polar surface area (TPSA) is 37.3 Å². The lowest BCUT2D eigenvalue weighted by Crippen LogP contribution is -2.10. The molecular weight excluding hydrogens is 257 g/mol. The van der Waals surface area contributed by atoms with E-state index < -0.39 is 28.7 Å². The van der Waals surface area contributed by atoms with Crippen molar-refractivity contribution in [3.63, 3.8) is 0 Å². The van der Waals surface area contributed by atoms with Crippen molar-refractivity contribution in [1.29, 1.82) is 0 Å². The van der Waals surface area contributed by atoms with Gasteiger partial charge in [-0.15, -0.1) is 0 Å². The van der Waals surface area contributed by atoms with Gasteiger partial charge < -0.3 is 5.11 Å². The Morgan fingerprint density at radius 1 is 1.21 bits per heavy atom. The Balaban J connectivity index is 3.40. The smallest absolute Gasteiger partial charge is 0.417 e. The molecule has 0 aliphatic heterocycles. The van der Waals surface area contributed by atoms with Crippen LogP contribution in [0.3, 0.4) is 0 Å². The molecule has 1 aromatic carbocycles. The second kappa shape index (κ2) is 4.96. The molecule has 1 N–H and O–H groups in total. The molecular formula is C14H13F3O2. The largest absolute Gasteiger partial charge is 0.478 e. The highest BCUT2D eigenvalue weighted by Crippen LogP contribution is 2.32. The summed E-state index contributed by atoms with van der Waals surface area (Å²) in [4.78, 5) is 10.7. The average molecular weight is 270 g/mol. The number of rotatable bonds is 1. The van der Waals surface area contributed by atoms with Crippen molar-refractivity contribution >= 4 is 5.97 Å². The summed E-state index contributed by atoms with van der Waals surface area (Å²) in [5, 5.41) is 8.72. The van der Waals surface area contributed by atoms with Crippen LogP contribution < -0.4 is 0 Å². The van der Waals surface area contributed by atoms with Crippen LogP contribution in [0.4, 0.5) is 13.2 Å². The summed E-state index contributed by atoms with van der Waals surface area (Å²) in [7, 11) is 0. The van der Waals surface area contributed by atoms with E-state index >= 15 is 0 Å². The van der Waals surface area contributed by atoms with Crippen molar-refractivity contribution in [3.8, 4) is 11.8 Å². The zero-order valence-electron chi connectivity index (χ0n) is 10.7. The molecule has 0 saturated heterocycles. The molecule has 0 bridgehead atoms. The van der Waals surface area contributed by atoms with Crippen LogP contribution in [0, 0.1) is 17.3 Å². The van der Waals surface area contributed by atoms with E-state index in [1.165, 1.54) is 0 Å². The van der Waals surface area contributed by atoms with Crippen LogP contribution in [-0.4, -0.2) is 11.1 Å². The van der Waals surface area contributed by atoms with Gasteiger partial charge in [-0.25, -0.2) is 4.79 Å². The van der Waals surface area contributed by atoms with Gasteiger partial charge in [0.2, 0.25) is 0 Å². The lowest BCUT2D eigenvalue weighted by Gasteiger charge is -2.11. The molecule has 0 unspecified atom stereocenters. The number of benzene rings is 1. The zero-order chi connectivity index (χ0) is 14.8. The molecule has 0 aromatic heterocycles. The van der Waals surface area contributed by atoms with Crippen LogP contribution in [0.25, 0.3) is 0 Å². The first-order valence-corrected chi connectivity index (χ1v) is 5.48. The quantitative estimate of drug-likeness (QED) is 0.788. The average Bonchev–Trinajstić information content (AvgIpc) is 2.23. The normalized spacial score (nSPS) is 11.7. The third-order valence-electron chi connectivity index (χ3n) is 2.14. The lowest BCUT2D eigenvalue weighted by atomic mass is 9.96. The van der Waals surface area contributed by atoms with E-state index in [-0.39, 0.29) is 5.56 Å². The maximum absolute atomic E-state index is 12.9. The number of halogens is 3. The molecule has 0 amide bonds. The van der Waals surface area contributed by atoms with Gasteiger partial charge in [-0.3, -0.25) is 0 Å². The highest BCUT2D eigenvalue weighted by atomic mass is 19.4. The fourth-order valence-electron chi connectivity index (χ4n) is 1.28. The standard InChI is InChI=1S/C14H13F3O2/c1-13(2,3)7-6-9-4-5-10(12(18)19)8-11(9)14(15,16)17/h4-5,8H,1-3H3,(H,18,19). The maximum atomic E-state index is 12.9. The minimum atomic E-state index is -4.63. The predicted molar refractivity (Wildman–Crippen MR) is 64.7 cm³/mol. The first-order chi connectivity index (χ1) is 8.50. The molecule has 0 radical (unpaired) electrons. The van der Waals surface area contributed by atoms with Crippen LogP contribution in [0.15, 0.2) is 18.2 Å². The summed E-state index contributed by atoms with van der Waals surface area (Å²) < 4.78 is 38.6. The summed E-state index contributed by atoms with van der Waals surface area (Å²) in [6.45, 7) is 5.33. The number of hydrogen-bond donors (Lipinski definition) is 1. The number of aromatic carboxylic acids is 1. The molecule has 0 spiro atoms. The zero-order valence-corrected chi connectivity index (χ0v) is 10.7. The first kappa shape index (κ1) is 15.1. The Labute approximate surface area is 109 Å². The van der Waals surface area contributed by atoms with Crippen molar-refractivity contribution in [2.24, 2.45) is 5.41 Å². The molecule has 2 nitrogen and oxygen atoms in total. The van der Waals surface area contributed by atoms with Crippen LogP contribution in [0.5, 0.6) is 0 Å². The minimum absolute atomic E-state index is 0.215. The van der Waals surface area contributed by atoms with E-state index in [4.69, 9.17) is 5.11 Å². The first-order valence-electron chi connectivity index (χ1n) is 5.48. The van der Waals surface area contributed by atoms with Crippen molar-refractivity contribution in [2.45, 2.75) is 26.9 Å². The Hall–Kier alpha value is -1.96. The summed E-state index contributed by atoms with van der Waals surface area (Å²) in [6, 6.07) is 2.81. The molecule has 1 aromatic rings. The fourth-order valence-corrected chi connectivity index (χ4v) is 1.28. The lowest BCUT2D eigenvalue weighted by molar-refractivity contribution is -0.137. The minimum Gasteiger partial charge on any atom is -0.478 e. The van der Waals surface area contributed by atoms with Crippen LogP contribution in [-0.2, 0) is 6.18 Å². The SMILES string of the molecule is CC(C)(C)C#Cc1ccc(C(=O)O)cc1C(F)(F)F. The summed E-state index contributed by atoms with van der Waals surface area (Å²) in [5.41, 5.74) is -2.08. The van der Waals surface area contributed by atoms with E-state index in [1.807, 2.05) is 0 Å². The van der Waals surface area contributed by atoms with Gasteiger partial charge in [0.1, 0.15) is 0 Å². The van der Waals surface area contributed by atoms with Gasteiger partial charge in [0.05, 0.1) is 11.1 Å². The molecule has 0 saturated carbocycles. The van der Waals surface area contributed by atoms with Gasteiger partial charge in [0.15, 0.2) is 0 Å². The third-order valence-corrected chi connectivity index (χ3v) is 2.14. The van der Waals surface area contributed by atoms with Crippen LogP contribution in [0.2, 0.25) is 0 Å². The van der Waals surface area contributed by atoms with Crippen molar-refractivity contribution < 1.29 is 23.1 Å². The highest BCUT2D eigenvalue weighted by Gasteiger charge is 2.33. The number of alkyl halides is 3.